The van der Waals surface area contributed by atoms with E-state index >= 15 is 0 Å². The van der Waals surface area contributed by atoms with Crippen LogP contribution in [0.4, 0.5) is 0 Å². The van der Waals surface area contributed by atoms with Crippen molar-refractivity contribution in [2.45, 2.75) is 31.7 Å². The van der Waals surface area contributed by atoms with Gasteiger partial charge in [-0.3, -0.25) is 4.98 Å². The molecule has 19 heavy (non-hydrogen) atoms. The van der Waals surface area contributed by atoms with Crippen LogP contribution in [0.5, 0.6) is 0 Å². The maximum atomic E-state index is 12.1. The summed E-state index contributed by atoms with van der Waals surface area (Å²) in [6.07, 6.45) is 3.79. The maximum absolute atomic E-state index is 12.1. The highest BCUT2D eigenvalue weighted by molar-refractivity contribution is 7.89. The molecule has 0 amide bonds. The van der Waals surface area contributed by atoms with Crippen LogP contribution < -0.4 is 10.0 Å². The van der Waals surface area contributed by atoms with Crippen molar-refractivity contribution in [3.8, 4) is 0 Å². The zero-order chi connectivity index (χ0) is 13.8. The second-order valence-electron chi connectivity index (χ2n) is 5.30. The summed E-state index contributed by atoms with van der Waals surface area (Å²) in [7, 11) is -3.26. The van der Waals surface area contributed by atoms with Crippen molar-refractivity contribution in [1.29, 1.82) is 0 Å². The van der Waals surface area contributed by atoms with Crippen LogP contribution in [0.25, 0.3) is 0 Å². The average molecular weight is 283 g/mol. The minimum absolute atomic E-state index is 0.0903. The van der Waals surface area contributed by atoms with Crippen LogP contribution >= 0.6 is 0 Å². The van der Waals surface area contributed by atoms with Gasteiger partial charge in [-0.25, -0.2) is 13.1 Å². The van der Waals surface area contributed by atoms with Gasteiger partial charge >= 0.3 is 0 Å². The number of aryl methyl sites for hydroxylation is 1. The van der Waals surface area contributed by atoms with Gasteiger partial charge in [-0.2, -0.15) is 0 Å². The summed E-state index contributed by atoms with van der Waals surface area (Å²) in [5.74, 6) is 0.0903. The molecule has 1 fully saturated rings. The molecular formula is C13H21N3O2S. The molecule has 1 aliphatic rings. The summed E-state index contributed by atoms with van der Waals surface area (Å²) < 4.78 is 27.1. The Morgan fingerprint density at radius 2 is 2.11 bits per heavy atom. The van der Waals surface area contributed by atoms with Gasteiger partial charge in [0.15, 0.2) is 0 Å². The number of hydrogen-bond acceptors (Lipinski definition) is 4. The molecule has 106 valence electrons. The molecule has 1 aromatic rings. The van der Waals surface area contributed by atoms with Gasteiger partial charge in [0.1, 0.15) is 0 Å². The number of pyridine rings is 1. The van der Waals surface area contributed by atoms with Gasteiger partial charge in [0, 0.05) is 23.9 Å². The van der Waals surface area contributed by atoms with Crippen molar-refractivity contribution in [2.24, 2.45) is 0 Å². The first-order valence-electron chi connectivity index (χ1n) is 6.61. The third-order valence-corrected chi connectivity index (χ3v) is 5.01. The van der Waals surface area contributed by atoms with E-state index < -0.39 is 10.0 Å². The molecule has 6 heteroatoms. The molecule has 0 saturated carbocycles. The van der Waals surface area contributed by atoms with E-state index in [1.807, 2.05) is 25.1 Å². The van der Waals surface area contributed by atoms with E-state index in [9.17, 15) is 8.42 Å². The second kappa shape index (κ2) is 5.98. The lowest BCUT2D eigenvalue weighted by Gasteiger charge is -2.34. The van der Waals surface area contributed by atoms with Crippen molar-refractivity contribution < 1.29 is 8.42 Å². The van der Waals surface area contributed by atoms with Crippen molar-refractivity contribution >= 4 is 10.0 Å². The first kappa shape index (κ1) is 14.4. The zero-order valence-electron chi connectivity index (χ0n) is 11.2. The van der Waals surface area contributed by atoms with Crippen LogP contribution in [0.3, 0.4) is 0 Å². The molecule has 1 saturated heterocycles. The van der Waals surface area contributed by atoms with Gasteiger partial charge in [-0.15, -0.1) is 0 Å². The number of nitrogens with one attached hydrogen (secondary N) is 2. The highest BCUT2D eigenvalue weighted by atomic mass is 32.2. The fourth-order valence-corrected chi connectivity index (χ4v) is 3.83. The number of sulfonamides is 1. The summed E-state index contributed by atoms with van der Waals surface area (Å²) in [5.41, 5.74) is 0.497. The third-order valence-electron chi connectivity index (χ3n) is 3.46. The highest BCUT2D eigenvalue weighted by Crippen LogP contribution is 2.18. The van der Waals surface area contributed by atoms with Crippen LogP contribution in [0, 0.1) is 0 Å². The molecule has 0 spiro atoms. The molecule has 0 aromatic carbocycles. The Kier molecular flexibility index (Phi) is 4.54. The molecule has 1 aromatic heterocycles. The Hall–Kier alpha value is -0.980. The van der Waals surface area contributed by atoms with Gasteiger partial charge in [0.25, 0.3) is 0 Å². The minimum Gasteiger partial charge on any atom is -0.317 e. The van der Waals surface area contributed by atoms with Crippen LogP contribution in [-0.2, 0) is 16.4 Å². The second-order valence-corrected chi connectivity index (χ2v) is 7.14. The Balaban J connectivity index is 1.91. The predicted molar refractivity (Wildman–Crippen MR) is 75.4 cm³/mol. The average Bonchev–Trinajstić information content (AvgIpc) is 2.37. The molecule has 0 unspecified atom stereocenters. The monoisotopic (exact) mass is 283 g/mol. The van der Waals surface area contributed by atoms with Gasteiger partial charge in [0.2, 0.25) is 10.0 Å². The zero-order valence-corrected chi connectivity index (χ0v) is 12.0. The van der Waals surface area contributed by atoms with E-state index in [1.54, 1.807) is 6.20 Å². The Labute approximate surface area is 114 Å². The van der Waals surface area contributed by atoms with E-state index in [0.717, 1.165) is 31.6 Å². The number of rotatable bonds is 5. The molecule has 2 rings (SSSR count). The Bertz CT molecular complexity index is 496. The van der Waals surface area contributed by atoms with Crippen molar-refractivity contribution in [3.05, 3.63) is 30.1 Å². The minimum atomic E-state index is -3.26. The van der Waals surface area contributed by atoms with Gasteiger partial charge in [-0.1, -0.05) is 6.07 Å². The summed E-state index contributed by atoms with van der Waals surface area (Å²) in [5, 5.41) is 3.24. The fraction of sp³-hybridized carbons (Fsp3) is 0.615. The summed E-state index contributed by atoms with van der Waals surface area (Å²) >= 11 is 0. The molecule has 0 atom stereocenters. The maximum Gasteiger partial charge on any atom is 0.212 e. The molecule has 2 N–H and O–H groups in total. The number of hydrogen-bond donors (Lipinski definition) is 2. The van der Waals surface area contributed by atoms with E-state index in [4.69, 9.17) is 0 Å². The topological polar surface area (TPSA) is 71.1 Å². The van der Waals surface area contributed by atoms with Crippen molar-refractivity contribution in [1.82, 2.24) is 15.0 Å². The number of nitrogens with zero attached hydrogens (tertiary/aromatic N) is 1. The smallest absolute Gasteiger partial charge is 0.212 e. The normalized spacial score (nSPS) is 19.2. The Morgan fingerprint density at radius 3 is 2.74 bits per heavy atom. The number of aromatic nitrogens is 1. The third kappa shape index (κ3) is 4.56. The molecule has 2 heterocycles. The first-order valence-corrected chi connectivity index (χ1v) is 8.27. The van der Waals surface area contributed by atoms with E-state index in [0.29, 0.717) is 6.42 Å². The summed E-state index contributed by atoms with van der Waals surface area (Å²) in [6.45, 7) is 3.70. The molecule has 0 aliphatic carbocycles. The lowest BCUT2D eigenvalue weighted by atomic mass is 9.92. The SMILES string of the molecule is CC1(NS(=O)(=O)CCc2ccccn2)CCNCC1. The van der Waals surface area contributed by atoms with E-state index in [1.165, 1.54) is 0 Å². The predicted octanol–water partition coefficient (Wildman–Crippen LogP) is 0.686. The van der Waals surface area contributed by atoms with Gasteiger partial charge < -0.3 is 5.32 Å². The first-order chi connectivity index (χ1) is 8.99. The largest absolute Gasteiger partial charge is 0.317 e. The summed E-state index contributed by atoms with van der Waals surface area (Å²) in [6, 6.07) is 5.55. The van der Waals surface area contributed by atoms with Gasteiger partial charge in [0.05, 0.1) is 5.75 Å². The number of piperidine rings is 1. The van der Waals surface area contributed by atoms with Crippen LogP contribution in [0.2, 0.25) is 0 Å². The quantitative estimate of drug-likeness (QED) is 0.834. The van der Waals surface area contributed by atoms with Gasteiger partial charge in [-0.05, 0) is 45.0 Å². The van der Waals surface area contributed by atoms with Crippen LogP contribution in [0.1, 0.15) is 25.5 Å². The molecule has 0 radical (unpaired) electrons. The highest BCUT2D eigenvalue weighted by Gasteiger charge is 2.30. The van der Waals surface area contributed by atoms with Crippen LogP contribution in [-0.4, -0.2) is 37.8 Å². The van der Waals surface area contributed by atoms with Crippen molar-refractivity contribution in [2.75, 3.05) is 18.8 Å². The molecule has 1 aliphatic heterocycles. The van der Waals surface area contributed by atoms with Crippen molar-refractivity contribution in [3.63, 3.8) is 0 Å². The standard InChI is InChI=1S/C13H21N3O2S/c1-13(6-9-14-10-7-13)16-19(17,18)11-5-12-4-2-3-8-15-12/h2-4,8,14,16H,5-7,9-11H2,1H3. The lowest BCUT2D eigenvalue weighted by Crippen LogP contribution is -2.52. The molecule has 5 nitrogen and oxygen atoms in total. The Morgan fingerprint density at radius 1 is 1.37 bits per heavy atom. The fourth-order valence-electron chi connectivity index (χ4n) is 2.29. The molecular weight excluding hydrogens is 262 g/mol. The van der Waals surface area contributed by atoms with E-state index in [-0.39, 0.29) is 11.3 Å². The van der Waals surface area contributed by atoms with Crippen LogP contribution in [0.15, 0.2) is 24.4 Å². The lowest BCUT2D eigenvalue weighted by molar-refractivity contribution is 0.308. The molecule has 0 bridgehead atoms. The van der Waals surface area contributed by atoms with E-state index in [2.05, 4.69) is 15.0 Å². The summed E-state index contributed by atoms with van der Waals surface area (Å²) in [4.78, 5) is 4.14.